The molecule has 2 rings (SSSR count). The Morgan fingerprint density at radius 2 is 1.81 bits per heavy atom. The average Bonchev–Trinajstić information content (AvgIpc) is 2.15. The molecule has 0 saturated carbocycles. The Kier molecular flexibility index (Phi) is 2.82. The van der Waals surface area contributed by atoms with Gasteiger partial charge in [-0.2, -0.15) is 0 Å². The number of rotatable bonds is 2. The standard InChI is InChI=1S/C14H16O2/c1-14(2)9-11(15)8-13(10-14)16-12-6-4-3-5-7-12/h3-8H,9-10H2,1-2H3. The molecule has 0 aliphatic heterocycles. The Hall–Kier alpha value is -1.57. The quantitative estimate of drug-likeness (QED) is 0.757. The van der Waals surface area contributed by atoms with E-state index in [4.69, 9.17) is 4.74 Å². The van der Waals surface area contributed by atoms with Gasteiger partial charge in [-0.05, 0) is 17.5 Å². The monoisotopic (exact) mass is 216 g/mol. The van der Waals surface area contributed by atoms with E-state index in [9.17, 15) is 4.79 Å². The molecular weight excluding hydrogens is 200 g/mol. The second kappa shape index (κ2) is 4.12. The van der Waals surface area contributed by atoms with Crippen LogP contribution in [0.1, 0.15) is 26.7 Å². The first kappa shape index (κ1) is 10.9. The first-order valence-corrected chi connectivity index (χ1v) is 5.51. The van der Waals surface area contributed by atoms with E-state index in [1.54, 1.807) is 6.08 Å². The smallest absolute Gasteiger partial charge is 0.159 e. The van der Waals surface area contributed by atoms with Gasteiger partial charge in [0, 0.05) is 18.9 Å². The van der Waals surface area contributed by atoms with Crippen LogP contribution in [0.25, 0.3) is 0 Å². The minimum Gasteiger partial charge on any atom is -0.462 e. The lowest BCUT2D eigenvalue weighted by molar-refractivity contribution is -0.117. The van der Waals surface area contributed by atoms with E-state index < -0.39 is 0 Å². The summed E-state index contributed by atoms with van der Waals surface area (Å²) in [6.45, 7) is 4.18. The summed E-state index contributed by atoms with van der Waals surface area (Å²) in [4.78, 5) is 11.5. The molecule has 0 saturated heterocycles. The number of carbonyl (C=O) groups excluding carboxylic acids is 1. The molecule has 1 aliphatic rings. The molecule has 84 valence electrons. The van der Waals surface area contributed by atoms with Crippen molar-refractivity contribution in [2.75, 3.05) is 0 Å². The van der Waals surface area contributed by atoms with E-state index in [-0.39, 0.29) is 11.2 Å². The van der Waals surface area contributed by atoms with Gasteiger partial charge in [-0.15, -0.1) is 0 Å². The van der Waals surface area contributed by atoms with Crippen LogP contribution in [-0.2, 0) is 4.79 Å². The minimum atomic E-state index is 0.00987. The molecule has 0 spiro atoms. The summed E-state index contributed by atoms with van der Waals surface area (Å²) < 4.78 is 5.70. The van der Waals surface area contributed by atoms with Gasteiger partial charge < -0.3 is 4.74 Å². The van der Waals surface area contributed by atoms with Crippen molar-refractivity contribution in [3.05, 3.63) is 42.2 Å². The normalized spacial score (nSPS) is 19.1. The van der Waals surface area contributed by atoms with Gasteiger partial charge in [0.15, 0.2) is 5.78 Å². The fraction of sp³-hybridized carbons (Fsp3) is 0.357. The number of para-hydroxylation sites is 1. The van der Waals surface area contributed by atoms with Crippen LogP contribution < -0.4 is 4.74 Å². The lowest BCUT2D eigenvalue weighted by atomic mass is 9.79. The molecule has 1 aromatic rings. The Bertz CT molecular complexity index is 416. The molecule has 0 amide bonds. The van der Waals surface area contributed by atoms with Gasteiger partial charge in [0.25, 0.3) is 0 Å². The van der Waals surface area contributed by atoms with Crippen molar-refractivity contribution in [3.8, 4) is 5.75 Å². The molecule has 2 heteroatoms. The molecule has 16 heavy (non-hydrogen) atoms. The van der Waals surface area contributed by atoms with Crippen molar-refractivity contribution < 1.29 is 9.53 Å². The van der Waals surface area contributed by atoms with Crippen LogP contribution in [0.5, 0.6) is 5.75 Å². The van der Waals surface area contributed by atoms with E-state index in [0.717, 1.165) is 17.9 Å². The number of hydrogen-bond donors (Lipinski definition) is 0. The molecule has 0 atom stereocenters. The van der Waals surface area contributed by atoms with Crippen molar-refractivity contribution in [1.82, 2.24) is 0 Å². The van der Waals surface area contributed by atoms with Gasteiger partial charge in [-0.25, -0.2) is 0 Å². The third-order valence-electron chi connectivity index (χ3n) is 2.62. The first-order chi connectivity index (χ1) is 7.55. The van der Waals surface area contributed by atoms with Crippen molar-refractivity contribution >= 4 is 5.78 Å². The summed E-state index contributed by atoms with van der Waals surface area (Å²) in [5.41, 5.74) is 0.00987. The Morgan fingerprint density at radius 1 is 1.12 bits per heavy atom. The highest BCUT2D eigenvalue weighted by Gasteiger charge is 2.28. The van der Waals surface area contributed by atoms with E-state index in [1.165, 1.54) is 0 Å². The molecule has 2 nitrogen and oxygen atoms in total. The number of ether oxygens (including phenoxy) is 1. The fourth-order valence-electron chi connectivity index (χ4n) is 1.99. The Labute approximate surface area is 95.9 Å². The van der Waals surface area contributed by atoms with Crippen molar-refractivity contribution in [2.24, 2.45) is 5.41 Å². The van der Waals surface area contributed by atoms with Crippen LogP contribution in [-0.4, -0.2) is 5.78 Å². The van der Waals surface area contributed by atoms with E-state index in [0.29, 0.717) is 6.42 Å². The van der Waals surface area contributed by atoms with Crippen molar-refractivity contribution in [1.29, 1.82) is 0 Å². The molecule has 0 bridgehead atoms. The number of carbonyl (C=O) groups is 1. The van der Waals surface area contributed by atoms with E-state index in [1.807, 2.05) is 30.3 Å². The molecule has 0 heterocycles. The van der Waals surface area contributed by atoms with Crippen molar-refractivity contribution in [3.63, 3.8) is 0 Å². The second-order valence-electron chi connectivity index (χ2n) is 5.01. The molecule has 0 aromatic heterocycles. The zero-order valence-electron chi connectivity index (χ0n) is 9.69. The maximum Gasteiger partial charge on any atom is 0.159 e. The fourth-order valence-corrected chi connectivity index (χ4v) is 1.99. The largest absolute Gasteiger partial charge is 0.462 e. The van der Waals surface area contributed by atoms with Crippen LogP contribution in [0, 0.1) is 5.41 Å². The van der Waals surface area contributed by atoms with Gasteiger partial charge in [0.1, 0.15) is 11.5 Å². The molecule has 0 radical (unpaired) electrons. The Balaban J connectivity index is 2.14. The minimum absolute atomic E-state index is 0.00987. The summed E-state index contributed by atoms with van der Waals surface area (Å²) in [6, 6.07) is 9.58. The predicted molar refractivity (Wildman–Crippen MR) is 63.2 cm³/mol. The third kappa shape index (κ3) is 2.72. The van der Waals surface area contributed by atoms with E-state index in [2.05, 4.69) is 13.8 Å². The van der Waals surface area contributed by atoms with Gasteiger partial charge in [0.05, 0.1) is 0 Å². The number of hydrogen-bond acceptors (Lipinski definition) is 2. The van der Waals surface area contributed by atoms with Crippen LogP contribution in [0.15, 0.2) is 42.2 Å². The predicted octanol–water partition coefficient (Wildman–Crippen LogP) is 3.34. The van der Waals surface area contributed by atoms with Crippen LogP contribution in [0.4, 0.5) is 0 Å². The highest BCUT2D eigenvalue weighted by atomic mass is 16.5. The summed E-state index contributed by atoms with van der Waals surface area (Å²) >= 11 is 0. The highest BCUT2D eigenvalue weighted by Crippen LogP contribution is 2.34. The summed E-state index contributed by atoms with van der Waals surface area (Å²) in [7, 11) is 0. The second-order valence-corrected chi connectivity index (χ2v) is 5.01. The van der Waals surface area contributed by atoms with Gasteiger partial charge in [-0.3, -0.25) is 4.79 Å². The number of benzene rings is 1. The maximum absolute atomic E-state index is 11.5. The summed E-state index contributed by atoms with van der Waals surface area (Å²) in [5.74, 6) is 1.72. The average molecular weight is 216 g/mol. The van der Waals surface area contributed by atoms with Crippen molar-refractivity contribution in [2.45, 2.75) is 26.7 Å². The molecule has 0 fully saturated rings. The molecule has 1 aromatic carbocycles. The molecule has 0 N–H and O–H groups in total. The van der Waals surface area contributed by atoms with Gasteiger partial charge in [0.2, 0.25) is 0 Å². The SMILES string of the molecule is CC1(C)CC(=O)C=C(Oc2ccccc2)C1. The topological polar surface area (TPSA) is 26.3 Å². The highest BCUT2D eigenvalue weighted by molar-refractivity contribution is 5.91. The van der Waals surface area contributed by atoms with Gasteiger partial charge >= 0.3 is 0 Å². The van der Waals surface area contributed by atoms with Crippen LogP contribution in [0.3, 0.4) is 0 Å². The van der Waals surface area contributed by atoms with Gasteiger partial charge in [-0.1, -0.05) is 32.0 Å². The van der Waals surface area contributed by atoms with E-state index >= 15 is 0 Å². The summed E-state index contributed by atoms with van der Waals surface area (Å²) in [6.07, 6.45) is 3.04. The lowest BCUT2D eigenvalue weighted by Gasteiger charge is -2.28. The number of ketones is 1. The van der Waals surface area contributed by atoms with Crippen LogP contribution >= 0.6 is 0 Å². The zero-order chi connectivity index (χ0) is 11.6. The zero-order valence-corrected chi connectivity index (χ0v) is 9.69. The number of allylic oxidation sites excluding steroid dienone is 2. The van der Waals surface area contributed by atoms with Crippen LogP contribution in [0.2, 0.25) is 0 Å². The molecule has 0 unspecified atom stereocenters. The lowest BCUT2D eigenvalue weighted by Crippen LogP contribution is -2.23. The molecular formula is C14H16O2. The maximum atomic E-state index is 11.5. The Morgan fingerprint density at radius 3 is 2.44 bits per heavy atom. The summed E-state index contributed by atoms with van der Waals surface area (Å²) in [5, 5.41) is 0. The molecule has 1 aliphatic carbocycles. The third-order valence-corrected chi connectivity index (χ3v) is 2.62. The first-order valence-electron chi connectivity index (χ1n) is 5.51.